The first-order valence-electron chi connectivity index (χ1n) is 9.25. The molecule has 0 nitrogen and oxygen atoms in total. The molecule has 0 heterocycles. The Kier molecular flexibility index (Phi) is 6.73. The maximum Gasteiger partial charge on any atom is -0.00508 e. The lowest BCUT2D eigenvalue weighted by Crippen LogP contribution is -2.19. The van der Waals surface area contributed by atoms with Gasteiger partial charge in [0.1, 0.15) is 0 Å². The topological polar surface area (TPSA) is 0 Å². The Hall–Kier alpha value is -1.04. The van der Waals surface area contributed by atoms with Gasteiger partial charge >= 0.3 is 0 Å². The fourth-order valence-electron chi connectivity index (χ4n) is 4.14. The van der Waals surface area contributed by atoms with E-state index in [1.807, 2.05) is 0 Å². The third-order valence-electron chi connectivity index (χ3n) is 5.69. The van der Waals surface area contributed by atoms with Gasteiger partial charge < -0.3 is 0 Å². The highest BCUT2D eigenvalue weighted by Crippen LogP contribution is 2.36. The highest BCUT2D eigenvalue weighted by Gasteiger charge is 2.23. The van der Waals surface area contributed by atoms with E-state index in [-0.39, 0.29) is 0 Å². The third-order valence-corrected chi connectivity index (χ3v) is 5.69. The monoisotopic (exact) mass is 298 g/mol. The fraction of sp³-hybridized carbons (Fsp3) is 0.636. The smallest absolute Gasteiger partial charge is 0.00508 e. The summed E-state index contributed by atoms with van der Waals surface area (Å²) in [5.41, 5.74) is 4.81. The lowest BCUT2D eigenvalue weighted by atomic mass is 9.75. The molecule has 0 radical (unpaired) electrons. The van der Waals surface area contributed by atoms with E-state index in [1.54, 1.807) is 11.1 Å². The zero-order valence-corrected chi connectivity index (χ0v) is 14.9. The van der Waals surface area contributed by atoms with E-state index in [1.165, 1.54) is 56.9 Å². The average Bonchev–Trinajstić information content (AvgIpc) is 2.52. The van der Waals surface area contributed by atoms with Crippen molar-refractivity contribution in [2.45, 2.75) is 72.1 Å². The minimum atomic E-state index is 0.614. The van der Waals surface area contributed by atoms with E-state index < -0.39 is 0 Å². The van der Waals surface area contributed by atoms with E-state index >= 15 is 0 Å². The molecule has 0 bridgehead atoms. The van der Waals surface area contributed by atoms with Crippen LogP contribution in [0.25, 0.3) is 0 Å². The molecule has 3 unspecified atom stereocenters. The first-order valence-corrected chi connectivity index (χ1v) is 9.25. The number of unbranched alkanes of at least 4 members (excludes halogenated alkanes) is 1. The van der Waals surface area contributed by atoms with Crippen molar-refractivity contribution in [3.8, 4) is 0 Å². The molecular weight excluding hydrogens is 264 g/mol. The maximum absolute atomic E-state index is 3.99. The first kappa shape index (κ1) is 17.3. The Balaban J connectivity index is 1.72. The van der Waals surface area contributed by atoms with Crippen LogP contribution >= 0.6 is 0 Å². The molecule has 0 N–H and O–H groups in total. The molecule has 0 aromatic carbocycles. The van der Waals surface area contributed by atoms with Crippen LogP contribution in [0.1, 0.15) is 72.1 Å². The van der Waals surface area contributed by atoms with Crippen LogP contribution in [-0.4, -0.2) is 0 Å². The predicted octanol–water partition coefficient (Wildman–Crippen LogP) is 7.01. The summed E-state index contributed by atoms with van der Waals surface area (Å²) in [5, 5.41) is 0. The molecule has 0 aromatic rings. The molecule has 0 spiro atoms. The molecule has 0 aliphatic heterocycles. The van der Waals surface area contributed by atoms with Crippen molar-refractivity contribution < 1.29 is 0 Å². The highest BCUT2D eigenvalue weighted by atomic mass is 14.3. The summed E-state index contributed by atoms with van der Waals surface area (Å²) >= 11 is 0. The average molecular weight is 299 g/mol. The van der Waals surface area contributed by atoms with Gasteiger partial charge in [0.2, 0.25) is 0 Å². The van der Waals surface area contributed by atoms with Gasteiger partial charge in [0.15, 0.2) is 0 Å². The van der Waals surface area contributed by atoms with Gasteiger partial charge in [0.05, 0.1) is 0 Å². The second-order valence-electron chi connectivity index (χ2n) is 7.56. The van der Waals surface area contributed by atoms with Crippen molar-refractivity contribution >= 4 is 0 Å². The lowest BCUT2D eigenvalue weighted by molar-refractivity contribution is 0.282. The van der Waals surface area contributed by atoms with Gasteiger partial charge in [0, 0.05) is 0 Å². The van der Waals surface area contributed by atoms with Gasteiger partial charge in [-0.2, -0.15) is 0 Å². The Morgan fingerprint density at radius 3 is 2.86 bits per heavy atom. The summed E-state index contributed by atoms with van der Waals surface area (Å²) < 4.78 is 0. The van der Waals surface area contributed by atoms with Crippen LogP contribution < -0.4 is 0 Å². The standard InChI is InChI=1S/C22H34/c1-5-20-14-17(2)15-22(16-20)19(4)11-7-9-13-21-12-8-6-10-18(21)3/h5-6,10,14,19-20,22H,1,7-9,11-13,15-16H2,2-4H3. The van der Waals surface area contributed by atoms with Gasteiger partial charge in [0.25, 0.3) is 0 Å². The van der Waals surface area contributed by atoms with Crippen molar-refractivity contribution in [3.63, 3.8) is 0 Å². The molecule has 122 valence electrons. The molecule has 2 rings (SSSR count). The SMILES string of the molecule is C=CC1C=C(C)CC(C(C)CCCCC2=C(C)C=CCC2)C1. The van der Waals surface area contributed by atoms with Crippen LogP contribution in [0, 0.1) is 17.8 Å². The van der Waals surface area contributed by atoms with Gasteiger partial charge in [-0.15, -0.1) is 6.58 Å². The van der Waals surface area contributed by atoms with Crippen molar-refractivity contribution in [1.29, 1.82) is 0 Å². The molecule has 0 saturated carbocycles. The van der Waals surface area contributed by atoms with E-state index in [2.05, 4.69) is 51.7 Å². The molecular formula is C22H34. The summed E-state index contributed by atoms with van der Waals surface area (Å²) in [6.45, 7) is 11.0. The van der Waals surface area contributed by atoms with Crippen molar-refractivity contribution in [2.75, 3.05) is 0 Å². The van der Waals surface area contributed by atoms with Crippen LogP contribution in [0.4, 0.5) is 0 Å². The van der Waals surface area contributed by atoms with Crippen LogP contribution in [0.3, 0.4) is 0 Å². The van der Waals surface area contributed by atoms with Crippen molar-refractivity contribution in [2.24, 2.45) is 17.8 Å². The second-order valence-corrected chi connectivity index (χ2v) is 7.56. The summed E-state index contributed by atoms with van der Waals surface area (Å²) in [6, 6.07) is 0. The zero-order valence-electron chi connectivity index (χ0n) is 14.9. The number of hydrogen-bond acceptors (Lipinski definition) is 0. The Bertz CT molecular complexity index is 460. The largest absolute Gasteiger partial charge is 0.102 e. The molecule has 0 fully saturated rings. The molecule has 22 heavy (non-hydrogen) atoms. The van der Waals surface area contributed by atoms with Gasteiger partial charge in [-0.1, -0.05) is 60.8 Å². The lowest BCUT2D eigenvalue weighted by Gasteiger charge is -2.30. The minimum Gasteiger partial charge on any atom is -0.102 e. The van der Waals surface area contributed by atoms with E-state index in [9.17, 15) is 0 Å². The molecule has 2 aliphatic carbocycles. The van der Waals surface area contributed by atoms with E-state index in [0.717, 1.165) is 11.8 Å². The van der Waals surface area contributed by atoms with E-state index in [4.69, 9.17) is 0 Å². The molecule has 3 atom stereocenters. The molecule has 0 amide bonds. The molecule has 2 aliphatic rings. The fourth-order valence-corrected chi connectivity index (χ4v) is 4.14. The van der Waals surface area contributed by atoms with E-state index in [0.29, 0.717) is 5.92 Å². The van der Waals surface area contributed by atoms with Crippen LogP contribution in [0.2, 0.25) is 0 Å². The molecule has 0 saturated heterocycles. The Morgan fingerprint density at radius 2 is 2.14 bits per heavy atom. The number of allylic oxidation sites excluding steroid dienone is 7. The minimum absolute atomic E-state index is 0.614. The highest BCUT2D eigenvalue weighted by molar-refractivity contribution is 5.27. The van der Waals surface area contributed by atoms with Crippen LogP contribution in [0.15, 0.2) is 47.6 Å². The number of hydrogen-bond donors (Lipinski definition) is 0. The quantitative estimate of drug-likeness (QED) is 0.350. The van der Waals surface area contributed by atoms with Crippen molar-refractivity contribution in [3.05, 3.63) is 47.6 Å². The van der Waals surface area contributed by atoms with Crippen molar-refractivity contribution in [1.82, 2.24) is 0 Å². The summed E-state index contributed by atoms with van der Waals surface area (Å²) in [7, 11) is 0. The second kappa shape index (κ2) is 8.56. The molecule has 0 aromatic heterocycles. The van der Waals surface area contributed by atoms with Crippen LogP contribution in [0.5, 0.6) is 0 Å². The molecule has 0 heteroatoms. The summed E-state index contributed by atoms with van der Waals surface area (Å²) in [6.07, 6.45) is 19.8. The van der Waals surface area contributed by atoms with Gasteiger partial charge in [-0.25, -0.2) is 0 Å². The Labute approximate surface area is 138 Å². The number of rotatable bonds is 7. The zero-order chi connectivity index (χ0) is 15.9. The van der Waals surface area contributed by atoms with Gasteiger partial charge in [-0.3, -0.25) is 0 Å². The van der Waals surface area contributed by atoms with Crippen LogP contribution in [-0.2, 0) is 0 Å². The Morgan fingerprint density at radius 1 is 1.32 bits per heavy atom. The summed E-state index contributed by atoms with van der Waals surface area (Å²) in [5.74, 6) is 2.34. The first-order chi connectivity index (χ1) is 10.6. The normalized spacial score (nSPS) is 26.8. The predicted molar refractivity (Wildman–Crippen MR) is 98.9 cm³/mol. The maximum atomic E-state index is 3.99. The summed E-state index contributed by atoms with van der Waals surface area (Å²) in [4.78, 5) is 0. The van der Waals surface area contributed by atoms with Gasteiger partial charge in [-0.05, 0) is 70.1 Å². The third kappa shape index (κ3) is 5.00.